The van der Waals surface area contributed by atoms with Crippen LogP contribution >= 0.6 is 0 Å². The van der Waals surface area contributed by atoms with E-state index < -0.39 is 0 Å². The summed E-state index contributed by atoms with van der Waals surface area (Å²) >= 11 is 0. The van der Waals surface area contributed by atoms with Gasteiger partial charge in [-0.3, -0.25) is 0 Å². The molecule has 0 atom stereocenters. The Labute approximate surface area is 472 Å². The molecule has 10 rings (SSSR count). The highest BCUT2D eigenvalue weighted by atomic mass is 16.3. The highest BCUT2D eigenvalue weighted by Gasteiger charge is 2.32. The minimum atomic E-state index is 1.03. The van der Waals surface area contributed by atoms with Gasteiger partial charge in [0.15, 0.2) is 0 Å². The molecule has 0 radical (unpaired) electrons. The summed E-state index contributed by atoms with van der Waals surface area (Å²) in [7, 11) is 66.5. The zero-order valence-corrected chi connectivity index (χ0v) is 51.4. The molecule has 29 heteroatoms. The van der Waals surface area contributed by atoms with Crippen molar-refractivity contribution in [1.29, 1.82) is 0 Å². The molecule has 0 N–H and O–H groups in total. The summed E-state index contributed by atoms with van der Waals surface area (Å²) in [5.41, 5.74) is 48.8. The van der Waals surface area contributed by atoms with Crippen molar-refractivity contribution in [1.82, 2.24) is 0 Å². The van der Waals surface area contributed by atoms with E-state index in [0.29, 0.717) is 0 Å². The summed E-state index contributed by atoms with van der Waals surface area (Å²) in [6, 6.07) is 0. The van der Waals surface area contributed by atoms with Crippen LogP contribution in [0.25, 0.3) is 98.4 Å². The lowest BCUT2D eigenvalue weighted by Crippen LogP contribution is -2.52. The van der Waals surface area contributed by atoms with E-state index in [4.69, 9.17) is 4.42 Å². The molecule has 1 heterocycles. The normalized spacial score (nSPS) is 11.9. The molecule has 0 fully saturated rings. The number of benzene rings is 9. The number of fused-ring (bicyclic) bond motifs is 8. The van der Waals surface area contributed by atoms with Crippen LogP contribution in [0.2, 0.25) is 0 Å². The Bertz CT molecular complexity index is 4330. The van der Waals surface area contributed by atoms with Crippen molar-refractivity contribution in [2.24, 2.45) is 0 Å². The minimum absolute atomic E-state index is 1.03. The average molecular weight is 928 g/mol. The van der Waals surface area contributed by atoms with Gasteiger partial charge in [-0.05, 0) is 76.5 Å². The molecular formula is C46H56B28O. The fraction of sp³-hybridized carbons (Fsp3) is 0. The Hall–Kier alpha value is -4.36. The molecule has 0 aliphatic heterocycles. The highest BCUT2D eigenvalue weighted by molar-refractivity contribution is 6.78. The number of hydrogen-bond donors (Lipinski definition) is 0. The Morgan fingerprint density at radius 2 is 0.293 bits per heavy atom. The second-order valence-corrected chi connectivity index (χ2v) is 24.3. The van der Waals surface area contributed by atoms with E-state index >= 15 is 0 Å². The van der Waals surface area contributed by atoms with Gasteiger partial charge in [0.05, 0.1) is 0 Å². The van der Waals surface area contributed by atoms with Crippen LogP contribution in [0, 0.1) is 0 Å². The molecule has 0 aliphatic carbocycles. The molecule has 75 heavy (non-hydrogen) atoms. The Morgan fingerprint density at radius 1 is 0.120 bits per heavy atom. The van der Waals surface area contributed by atoms with Crippen LogP contribution in [0.1, 0.15) is 0 Å². The molecule has 0 aliphatic rings. The van der Waals surface area contributed by atoms with Gasteiger partial charge in [-0.1, -0.05) is 115 Å². The molecule has 0 bridgehead atoms. The summed E-state index contributed by atoms with van der Waals surface area (Å²) in [6.45, 7) is 0. The first-order valence-electron chi connectivity index (χ1n) is 27.9. The van der Waals surface area contributed by atoms with Gasteiger partial charge < -0.3 is 4.42 Å². The molecule has 0 amide bonds. The summed E-state index contributed by atoms with van der Waals surface area (Å²) in [4.78, 5) is 0. The summed E-state index contributed by atoms with van der Waals surface area (Å²) < 4.78 is 6.96. The number of rotatable bonds is 3. The van der Waals surface area contributed by atoms with Gasteiger partial charge in [0.1, 0.15) is 231 Å². The smallest absolute Gasteiger partial charge is 0.143 e. The summed E-state index contributed by atoms with van der Waals surface area (Å²) in [5, 5.41) is 14.0. The molecule has 0 saturated heterocycles. The van der Waals surface area contributed by atoms with Gasteiger partial charge in [-0.15, -0.1) is 38.2 Å². The van der Waals surface area contributed by atoms with Gasteiger partial charge in [-0.2, -0.15) is 0 Å². The molecule has 10 aromatic rings. The second kappa shape index (κ2) is 18.1. The van der Waals surface area contributed by atoms with Gasteiger partial charge in [-0.25, -0.2) is 0 Å². The van der Waals surface area contributed by atoms with Crippen LogP contribution in [0.5, 0.6) is 0 Å². The Balaban J connectivity index is 1.42. The Kier molecular flexibility index (Phi) is 13.0. The van der Waals surface area contributed by atoms with E-state index in [-0.39, 0.29) is 0 Å². The summed E-state index contributed by atoms with van der Waals surface area (Å²) in [5.74, 6) is 0. The van der Waals surface area contributed by atoms with E-state index in [1.807, 2.05) is 0 Å². The van der Waals surface area contributed by atoms with Gasteiger partial charge >= 0.3 is 0 Å². The van der Waals surface area contributed by atoms with Crippen LogP contribution in [0.4, 0.5) is 0 Å². The van der Waals surface area contributed by atoms with Gasteiger partial charge in [0, 0.05) is 10.8 Å². The predicted molar refractivity (Wildman–Crippen MR) is 429 cm³/mol. The van der Waals surface area contributed by atoms with E-state index in [1.165, 1.54) is 240 Å². The van der Waals surface area contributed by atoms with Crippen molar-refractivity contribution >= 4 is 438 Å². The zero-order valence-electron chi connectivity index (χ0n) is 51.4. The van der Waals surface area contributed by atoms with Crippen LogP contribution in [0.3, 0.4) is 0 Å². The van der Waals surface area contributed by atoms with Crippen LogP contribution in [0.15, 0.2) is 4.42 Å². The van der Waals surface area contributed by atoms with Crippen molar-refractivity contribution in [3.05, 3.63) is 0 Å². The maximum atomic E-state index is 6.96. The molecule has 0 saturated carbocycles. The fourth-order valence-corrected chi connectivity index (χ4v) is 15.2. The number of hydrogen-bond acceptors (Lipinski definition) is 1. The first kappa shape index (κ1) is 54.0. The van der Waals surface area contributed by atoms with E-state index in [9.17, 15) is 0 Å². The maximum absolute atomic E-state index is 6.96. The maximum Gasteiger partial charge on any atom is 0.143 e. The third-order valence-corrected chi connectivity index (χ3v) is 21.7. The zero-order chi connectivity index (χ0) is 55.3. The number of furan rings is 1. The molecule has 0 spiro atoms. The lowest BCUT2D eigenvalue weighted by atomic mass is 9.55. The molecule has 9 aromatic carbocycles. The van der Waals surface area contributed by atoms with Crippen LogP contribution in [-0.2, 0) is 0 Å². The minimum Gasteiger partial charge on any atom is -0.457 e. The fourth-order valence-electron chi connectivity index (χ4n) is 15.2. The largest absolute Gasteiger partial charge is 0.457 e. The monoisotopic (exact) mass is 933 g/mol. The summed E-state index contributed by atoms with van der Waals surface area (Å²) in [6.07, 6.45) is 0. The van der Waals surface area contributed by atoms with Gasteiger partial charge in [0.2, 0.25) is 0 Å². The Morgan fingerprint density at radius 3 is 0.667 bits per heavy atom. The predicted octanol–water partition coefficient (Wildman–Crippen LogP) is -35.6. The lowest BCUT2D eigenvalue weighted by Gasteiger charge is -2.33. The van der Waals surface area contributed by atoms with Crippen molar-refractivity contribution in [3.63, 3.8) is 0 Å². The third kappa shape index (κ3) is 6.85. The van der Waals surface area contributed by atoms with E-state index in [0.717, 1.165) is 11.2 Å². The van der Waals surface area contributed by atoms with Crippen molar-refractivity contribution in [3.8, 4) is 33.4 Å². The van der Waals surface area contributed by atoms with E-state index in [1.54, 1.807) is 0 Å². The molecule has 1 aromatic heterocycles. The van der Waals surface area contributed by atoms with Gasteiger partial charge in [0.25, 0.3) is 0 Å². The quantitative estimate of drug-likeness (QED) is 0.0978. The first-order valence-corrected chi connectivity index (χ1v) is 27.9. The first-order chi connectivity index (χ1) is 35.0. The van der Waals surface area contributed by atoms with Crippen LogP contribution in [-0.4, -0.2) is 220 Å². The van der Waals surface area contributed by atoms with Crippen molar-refractivity contribution in [2.75, 3.05) is 0 Å². The topological polar surface area (TPSA) is 13.1 Å². The molecule has 0 unspecified atom stereocenters. The van der Waals surface area contributed by atoms with Crippen LogP contribution < -0.4 is 153 Å². The molecule has 330 valence electrons. The highest BCUT2D eigenvalue weighted by Crippen LogP contribution is 2.39. The molecule has 1 nitrogen and oxygen atoms in total. The van der Waals surface area contributed by atoms with E-state index in [2.05, 4.69) is 220 Å². The average Bonchev–Trinajstić information content (AvgIpc) is 3.84. The SMILES string of the molecule is Bc1c(B)c(-c2c3c(B)c(B)c(B)c(B)c3c(-c3c(B)c(B)c4c(c3B)c(B)c(B)c3c(B)c(B)c(B)c(B)c34)c3c(B)c(B)c(B)c(B)c23)c(B)c(B)c1-c1c(B)c(B)c2oc3c(B)c(B)c(B)c(B)c3c2c1B. The lowest BCUT2D eigenvalue weighted by molar-refractivity contribution is 0.675. The standard InChI is InChI=1S/C46H56B28O/c47-17-9(25(55)19(49)7-8-12(29(59)28(58)11(7)17)32(62)40(70)39(69)24(8)54)1-3-5(22(52)37(67)35(65)20(3)50)2(6-4(1)21(51)36(66)38(68)23(6)53)10-26(56)30(60)14(31(61)27(10)57)13-18(48)15-16-34(64)41(71)42(72)44(74)46(16)75-45(15)43(73)33(13)63/h47-74H2. The second-order valence-electron chi connectivity index (χ2n) is 24.3. The molecular weight excluding hydrogens is 871 g/mol. The van der Waals surface area contributed by atoms with Crippen molar-refractivity contribution in [2.45, 2.75) is 0 Å². The van der Waals surface area contributed by atoms with Crippen molar-refractivity contribution < 1.29 is 4.42 Å². The third-order valence-electron chi connectivity index (χ3n) is 21.7.